The Morgan fingerprint density at radius 3 is 2.75 bits per heavy atom. The molecule has 0 spiro atoms. The first kappa shape index (κ1) is 9.85. The summed E-state index contributed by atoms with van der Waals surface area (Å²) in [6, 6.07) is 8.53. The van der Waals surface area contributed by atoms with Gasteiger partial charge in [-0.2, -0.15) is 0 Å². The Bertz CT molecular complexity index is 416. The number of Topliss-reactive ketones (excluding diaryl/α,β-unsaturated/α-hetero) is 1. The van der Waals surface area contributed by atoms with Gasteiger partial charge in [-0.15, -0.1) is 0 Å². The number of ketones is 1. The van der Waals surface area contributed by atoms with Crippen LogP contribution in [0.25, 0.3) is 0 Å². The van der Waals surface area contributed by atoms with E-state index in [0.717, 1.165) is 19.5 Å². The number of carbonyl (C=O) groups is 1. The normalized spacial score (nSPS) is 21.2. The Kier molecular flexibility index (Phi) is 2.40. The Hall–Kier alpha value is -1.35. The molecule has 0 bridgehead atoms. The van der Waals surface area contributed by atoms with E-state index in [9.17, 15) is 4.79 Å². The molecular formula is C13H16N2O. The van der Waals surface area contributed by atoms with Crippen LogP contribution in [-0.2, 0) is 11.2 Å². The Labute approximate surface area is 95.6 Å². The molecule has 2 aliphatic rings. The lowest BCUT2D eigenvalue weighted by atomic mass is 10.0. The van der Waals surface area contributed by atoms with Crippen molar-refractivity contribution >= 4 is 11.5 Å². The highest BCUT2D eigenvalue weighted by molar-refractivity contribution is 5.83. The molecule has 0 aromatic heterocycles. The molecule has 3 nitrogen and oxygen atoms in total. The van der Waals surface area contributed by atoms with Gasteiger partial charge in [0.05, 0.1) is 12.2 Å². The fourth-order valence-corrected chi connectivity index (χ4v) is 2.63. The molecule has 1 aromatic rings. The van der Waals surface area contributed by atoms with Gasteiger partial charge in [0.2, 0.25) is 0 Å². The van der Waals surface area contributed by atoms with Gasteiger partial charge in [-0.1, -0.05) is 18.2 Å². The predicted octanol–water partition coefficient (Wildman–Crippen LogP) is 1.63. The second kappa shape index (κ2) is 3.91. The van der Waals surface area contributed by atoms with Gasteiger partial charge in [-0.25, -0.2) is 5.01 Å². The topological polar surface area (TPSA) is 23.6 Å². The lowest BCUT2D eigenvalue weighted by Crippen LogP contribution is -2.44. The molecule has 2 heterocycles. The van der Waals surface area contributed by atoms with Gasteiger partial charge >= 0.3 is 0 Å². The standard InChI is InChI=1S/C13H16N2O/c16-12-7-9-14(10-12)15-8-3-5-11-4-1-2-6-13(11)15/h1-2,4,6H,3,5,7-10H2. The summed E-state index contributed by atoms with van der Waals surface area (Å²) >= 11 is 0. The highest BCUT2D eigenvalue weighted by Crippen LogP contribution is 2.28. The quantitative estimate of drug-likeness (QED) is 0.713. The number of hydrazine groups is 1. The molecule has 3 heteroatoms. The molecule has 0 aliphatic carbocycles. The van der Waals surface area contributed by atoms with Crippen LogP contribution in [0, 0.1) is 0 Å². The van der Waals surface area contributed by atoms with Crippen molar-refractivity contribution in [2.75, 3.05) is 24.6 Å². The summed E-state index contributed by atoms with van der Waals surface area (Å²) in [5.41, 5.74) is 2.71. The molecule has 84 valence electrons. The van der Waals surface area contributed by atoms with Crippen molar-refractivity contribution < 1.29 is 4.79 Å². The van der Waals surface area contributed by atoms with Crippen molar-refractivity contribution in [3.63, 3.8) is 0 Å². The number of para-hydroxylation sites is 1. The fourth-order valence-electron chi connectivity index (χ4n) is 2.63. The van der Waals surface area contributed by atoms with Gasteiger partial charge in [0.1, 0.15) is 5.78 Å². The first-order valence-corrected chi connectivity index (χ1v) is 5.96. The Morgan fingerprint density at radius 1 is 1.06 bits per heavy atom. The van der Waals surface area contributed by atoms with Crippen LogP contribution < -0.4 is 5.01 Å². The van der Waals surface area contributed by atoms with E-state index in [1.807, 2.05) is 0 Å². The maximum atomic E-state index is 11.3. The summed E-state index contributed by atoms with van der Waals surface area (Å²) in [5.74, 6) is 0.364. The minimum Gasteiger partial charge on any atom is -0.305 e. The van der Waals surface area contributed by atoms with Gasteiger partial charge in [-0.05, 0) is 24.5 Å². The number of aryl methyl sites for hydroxylation is 1. The second-order valence-corrected chi connectivity index (χ2v) is 4.53. The number of rotatable bonds is 1. The molecule has 0 radical (unpaired) electrons. The van der Waals surface area contributed by atoms with Crippen molar-refractivity contribution in [2.45, 2.75) is 19.3 Å². The third-order valence-corrected chi connectivity index (χ3v) is 3.43. The number of hydrogen-bond donors (Lipinski definition) is 0. The van der Waals surface area contributed by atoms with Crippen LogP contribution >= 0.6 is 0 Å². The molecule has 1 fully saturated rings. The highest BCUT2D eigenvalue weighted by Gasteiger charge is 2.27. The first-order valence-electron chi connectivity index (χ1n) is 5.96. The lowest BCUT2D eigenvalue weighted by Gasteiger charge is -2.37. The fraction of sp³-hybridized carbons (Fsp3) is 0.462. The zero-order chi connectivity index (χ0) is 11.0. The molecule has 0 atom stereocenters. The third kappa shape index (κ3) is 1.61. The first-order chi connectivity index (χ1) is 7.84. The monoisotopic (exact) mass is 216 g/mol. The van der Waals surface area contributed by atoms with Crippen molar-refractivity contribution in [1.82, 2.24) is 5.01 Å². The predicted molar refractivity (Wildman–Crippen MR) is 63.3 cm³/mol. The molecule has 0 saturated carbocycles. The molecule has 1 aromatic carbocycles. The molecule has 0 amide bonds. The average molecular weight is 216 g/mol. The summed E-state index contributed by atoms with van der Waals surface area (Å²) in [4.78, 5) is 11.3. The van der Waals surface area contributed by atoms with Crippen LogP contribution in [0.5, 0.6) is 0 Å². The van der Waals surface area contributed by atoms with E-state index in [1.165, 1.54) is 17.7 Å². The van der Waals surface area contributed by atoms with E-state index in [-0.39, 0.29) is 0 Å². The molecule has 3 rings (SSSR count). The zero-order valence-electron chi connectivity index (χ0n) is 9.35. The van der Waals surface area contributed by atoms with Crippen LogP contribution in [0.3, 0.4) is 0 Å². The number of benzene rings is 1. The molecule has 16 heavy (non-hydrogen) atoms. The van der Waals surface area contributed by atoms with Crippen LogP contribution in [0.15, 0.2) is 24.3 Å². The maximum Gasteiger partial charge on any atom is 0.150 e. The highest BCUT2D eigenvalue weighted by atomic mass is 16.1. The number of hydrogen-bond acceptors (Lipinski definition) is 3. The van der Waals surface area contributed by atoms with Crippen LogP contribution in [0.2, 0.25) is 0 Å². The summed E-state index contributed by atoms with van der Waals surface area (Å²) in [5, 5.41) is 4.49. The molecular weight excluding hydrogens is 200 g/mol. The van der Waals surface area contributed by atoms with Gasteiger partial charge in [-0.3, -0.25) is 4.79 Å². The van der Waals surface area contributed by atoms with Gasteiger partial charge in [0.25, 0.3) is 0 Å². The van der Waals surface area contributed by atoms with E-state index < -0.39 is 0 Å². The van der Waals surface area contributed by atoms with E-state index in [0.29, 0.717) is 18.7 Å². The molecule has 1 saturated heterocycles. The van der Waals surface area contributed by atoms with E-state index >= 15 is 0 Å². The minimum atomic E-state index is 0.364. The smallest absolute Gasteiger partial charge is 0.150 e. The zero-order valence-corrected chi connectivity index (χ0v) is 9.35. The summed E-state index contributed by atoms with van der Waals surface area (Å²) in [6.45, 7) is 2.52. The number of carbonyl (C=O) groups excluding carboxylic acids is 1. The number of fused-ring (bicyclic) bond motifs is 1. The largest absolute Gasteiger partial charge is 0.305 e. The molecule has 0 unspecified atom stereocenters. The molecule has 0 N–H and O–H groups in total. The number of anilines is 1. The summed E-state index contributed by atoms with van der Waals surface area (Å²) in [6.07, 6.45) is 3.05. The van der Waals surface area contributed by atoms with E-state index in [2.05, 4.69) is 34.3 Å². The van der Waals surface area contributed by atoms with Crippen molar-refractivity contribution in [2.24, 2.45) is 0 Å². The summed E-state index contributed by atoms with van der Waals surface area (Å²) in [7, 11) is 0. The van der Waals surface area contributed by atoms with E-state index in [1.54, 1.807) is 0 Å². The molecule has 2 aliphatic heterocycles. The average Bonchev–Trinajstić information content (AvgIpc) is 2.75. The van der Waals surface area contributed by atoms with E-state index in [4.69, 9.17) is 0 Å². The Morgan fingerprint density at radius 2 is 1.94 bits per heavy atom. The van der Waals surface area contributed by atoms with Crippen LogP contribution in [0.4, 0.5) is 5.69 Å². The van der Waals surface area contributed by atoms with Crippen molar-refractivity contribution in [1.29, 1.82) is 0 Å². The SMILES string of the molecule is O=C1CCN(N2CCCc3ccccc32)C1. The number of nitrogens with zero attached hydrogens (tertiary/aromatic N) is 2. The maximum absolute atomic E-state index is 11.3. The van der Waals surface area contributed by atoms with Gasteiger partial charge in [0, 0.05) is 19.5 Å². The van der Waals surface area contributed by atoms with Crippen LogP contribution in [-0.4, -0.2) is 30.4 Å². The minimum absolute atomic E-state index is 0.364. The second-order valence-electron chi connectivity index (χ2n) is 4.53. The van der Waals surface area contributed by atoms with Gasteiger partial charge < -0.3 is 5.01 Å². The van der Waals surface area contributed by atoms with Crippen molar-refractivity contribution in [3.05, 3.63) is 29.8 Å². The lowest BCUT2D eigenvalue weighted by molar-refractivity contribution is -0.116. The van der Waals surface area contributed by atoms with Crippen molar-refractivity contribution in [3.8, 4) is 0 Å². The van der Waals surface area contributed by atoms with Gasteiger partial charge in [0.15, 0.2) is 0 Å². The van der Waals surface area contributed by atoms with Crippen LogP contribution in [0.1, 0.15) is 18.4 Å². The third-order valence-electron chi connectivity index (χ3n) is 3.43. The summed E-state index contributed by atoms with van der Waals surface area (Å²) < 4.78 is 0. The Balaban J connectivity index is 1.90.